The quantitative estimate of drug-likeness (QED) is 0.312. The molecule has 0 radical (unpaired) electrons. The predicted molar refractivity (Wildman–Crippen MR) is 72.3 cm³/mol. The lowest BCUT2D eigenvalue weighted by atomic mass is 10.1. The number of carboxylic acids is 2. The second-order valence-electron chi connectivity index (χ2n) is 4.57. The highest BCUT2D eigenvalue weighted by Crippen LogP contribution is 2.00. The van der Waals surface area contributed by atoms with E-state index >= 15 is 0 Å². The largest absolute Gasteiger partial charge is 0.480 e. The van der Waals surface area contributed by atoms with E-state index in [1.165, 1.54) is 6.92 Å². The number of hydrogen-bond acceptors (Lipinski definition) is 5. The standard InChI is InChI=1S/C12H21N3O6/c1-7(16)14-6-2-3-9(12(20)21)15-10(17)5-4-8(13)11(18)19/h8-9H,2-6,13H2,1H3,(H,14,16)(H,15,17)(H,18,19)(H,20,21). The molecule has 0 aliphatic carbocycles. The van der Waals surface area contributed by atoms with Crippen LogP contribution in [-0.2, 0) is 19.2 Å². The monoisotopic (exact) mass is 303 g/mol. The molecule has 120 valence electrons. The first-order valence-electron chi connectivity index (χ1n) is 6.49. The summed E-state index contributed by atoms with van der Waals surface area (Å²) < 4.78 is 0. The third-order valence-corrected chi connectivity index (χ3v) is 2.68. The summed E-state index contributed by atoms with van der Waals surface area (Å²) in [6, 6.07) is -2.23. The molecule has 2 atom stereocenters. The zero-order valence-electron chi connectivity index (χ0n) is 11.8. The van der Waals surface area contributed by atoms with Crippen LogP contribution in [0.15, 0.2) is 0 Å². The van der Waals surface area contributed by atoms with E-state index in [-0.39, 0.29) is 25.2 Å². The van der Waals surface area contributed by atoms with Gasteiger partial charge in [0.05, 0.1) is 0 Å². The van der Waals surface area contributed by atoms with Crippen LogP contribution in [0.2, 0.25) is 0 Å². The molecule has 0 aromatic carbocycles. The fraction of sp³-hybridized carbons (Fsp3) is 0.667. The molecule has 0 spiro atoms. The summed E-state index contributed by atoms with van der Waals surface area (Å²) in [7, 11) is 0. The summed E-state index contributed by atoms with van der Waals surface area (Å²) in [5.41, 5.74) is 5.25. The van der Waals surface area contributed by atoms with Crippen molar-refractivity contribution in [2.24, 2.45) is 5.73 Å². The minimum Gasteiger partial charge on any atom is -0.480 e. The van der Waals surface area contributed by atoms with Crippen LogP contribution in [-0.4, -0.2) is 52.6 Å². The molecule has 0 heterocycles. The second-order valence-corrected chi connectivity index (χ2v) is 4.57. The molecule has 6 N–H and O–H groups in total. The van der Waals surface area contributed by atoms with Crippen LogP contribution in [0.4, 0.5) is 0 Å². The fourth-order valence-electron chi connectivity index (χ4n) is 1.50. The third-order valence-electron chi connectivity index (χ3n) is 2.68. The van der Waals surface area contributed by atoms with Gasteiger partial charge in [0, 0.05) is 19.9 Å². The maximum absolute atomic E-state index is 11.5. The Morgan fingerprint density at radius 3 is 2.19 bits per heavy atom. The zero-order chi connectivity index (χ0) is 16.4. The Hall–Kier alpha value is -2.16. The smallest absolute Gasteiger partial charge is 0.326 e. The number of carbonyl (C=O) groups excluding carboxylic acids is 2. The molecule has 0 bridgehead atoms. The van der Waals surface area contributed by atoms with Crippen molar-refractivity contribution in [2.45, 2.75) is 44.7 Å². The van der Waals surface area contributed by atoms with Crippen molar-refractivity contribution < 1.29 is 29.4 Å². The molecule has 0 saturated carbocycles. The number of nitrogens with one attached hydrogen (secondary N) is 2. The molecule has 2 unspecified atom stereocenters. The van der Waals surface area contributed by atoms with Crippen molar-refractivity contribution in [2.75, 3.05) is 6.54 Å². The molecule has 0 rings (SSSR count). The van der Waals surface area contributed by atoms with Crippen LogP contribution in [0.25, 0.3) is 0 Å². The van der Waals surface area contributed by atoms with Crippen molar-refractivity contribution in [1.82, 2.24) is 10.6 Å². The lowest BCUT2D eigenvalue weighted by molar-refractivity contribution is -0.142. The molecule has 0 aliphatic rings. The molecule has 9 heteroatoms. The summed E-state index contributed by atoms with van der Waals surface area (Å²) in [6.07, 6.45) is 0.320. The molecule has 0 aromatic rings. The van der Waals surface area contributed by atoms with Gasteiger partial charge >= 0.3 is 11.9 Å². The van der Waals surface area contributed by atoms with Gasteiger partial charge < -0.3 is 26.6 Å². The van der Waals surface area contributed by atoms with Crippen molar-refractivity contribution in [3.63, 3.8) is 0 Å². The third kappa shape index (κ3) is 9.38. The number of aliphatic carboxylic acids is 2. The molecule has 0 aromatic heterocycles. The van der Waals surface area contributed by atoms with Gasteiger partial charge in [-0.2, -0.15) is 0 Å². The van der Waals surface area contributed by atoms with Crippen LogP contribution in [0, 0.1) is 0 Å². The minimum atomic E-state index is -1.21. The van der Waals surface area contributed by atoms with Gasteiger partial charge in [-0.3, -0.25) is 14.4 Å². The van der Waals surface area contributed by atoms with E-state index in [2.05, 4.69) is 10.6 Å². The van der Waals surface area contributed by atoms with Gasteiger partial charge in [-0.1, -0.05) is 0 Å². The molecule has 0 fully saturated rings. The Labute approximate surface area is 121 Å². The van der Waals surface area contributed by atoms with Crippen LogP contribution < -0.4 is 16.4 Å². The average molecular weight is 303 g/mol. The molecule has 2 amide bonds. The van der Waals surface area contributed by atoms with E-state index in [0.717, 1.165) is 0 Å². The van der Waals surface area contributed by atoms with E-state index in [1.807, 2.05) is 0 Å². The Bertz CT molecular complexity index is 398. The van der Waals surface area contributed by atoms with Crippen molar-refractivity contribution in [1.29, 1.82) is 0 Å². The number of carboxylic acid groups (broad SMARTS) is 2. The van der Waals surface area contributed by atoms with Gasteiger partial charge in [0.15, 0.2) is 0 Å². The number of hydrogen-bond donors (Lipinski definition) is 5. The van der Waals surface area contributed by atoms with Crippen LogP contribution in [0.5, 0.6) is 0 Å². The Kier molecular flexibility index (Phi) is 8.70. The second kappa shape index (κ2) is 9.70. The highest BCUT2D eigenvalue weighted by atomic mass is 16.4. The van der Waals surface area contributed by atoms with Crippen molar-refractivity contribution in [3.8, 4) is 0 Å². The van der Waals surface area contributed by atoms with Crippen molar-refractivity contribution in [3.05, 3.63) is 0 Å². The van der Waals surface area contributed by atoms with Crippen LogP contribution in [0.1, 0.15) is 32.6 Å². The van der Waals surface area contributed by atoms with Gasteiger partial charge in [0.2, 0.25) is 11.8 Å². The van der Waals surface area contributed by atoms with Gasteiger partial charge in [-0.15, -0.1) is 0 Å². The van der Waals surface area contributed by atoms with Gasteiger partial charge in [0.25, 0.3) is 0 Å². The highest BCUT2D eigenvalue weighted by Gasteiger charge is 2.20. The molecular weight excluding hydrogens is 282 g/mol. The van der Waals surface area contributed by atoms with E-state index in [9.17, 15) is 19.2 Å². The molecule has 9 nitrogen and oxygen atoms in total. The summed E-state index contributed by atoms with van der Waals surface area (Å²) in [5, 5.41) is 22.4. The molecule has 0 saturated heterocycles. The van der Waals surface area contributed by atoms with Crippen LogP contribution >= 0.6 is 0 Å². The number of amides is 2. The van der Waals surface area contributed by atoms with Gasteiger partial charge in [0.1, 0.15) is 12.1 Å². The molecule has 21 heavy (non-hydrogen) atoms. The van der Waals surface area contributed by atoms with E-state index < -0.39 is 29.9 Å². The average Bonchev–Trinajstić information content (AvgIpc) is 2.38. The molecular formula is C12H21N3O6. The van der Waals surface area contributed by atoms with E-state index in [0.29, 0.717) is 13.0 Å². The first-order valence-corrected chi connectivity index (χ1v) is 6.49. The summed E-state index contributed by atoms with van der Waals surface area (Å²) in [6.45, 7) is 1.67. The molecule has 0 aliphatic heterocycles. The van der Waals surface area contributed by atoms with Gasteiger partial charge in [-0.25, -0.2) is 4.79 Å². The highest BCUT2D eigenvalue weighted by molar-refractivity contribution is 5.84. The zero-order valence-corrected chi connectivity index (χ0v) is 11.8. The lowest BCUT2D eigenvalue weighted by Gasteiger charge is -2.15. The van der Waals surface area contributed by atoms with Crippen LogP contribution in [0.3, 0.4) is 0 Å². The normalized spacial score (nSPS) is 13.0. The summed E-state index contributed by atoms with van der Waals surface area (Å²) in [4.78, 5) is 43.7. The van der Waals surface area contributed by atoms with Gasteiger partial charge in [-0.05, 0) is 19.3 Å². The predicted octanol–water partition coefficient (Wildman–Crippen LogP) is -1.34. The lowest BCUT2D eigenvalue weighted by Crippen LogP contribution is -2.42. The minimum absolute atomic E-state index is 0.0700. The Balaban J connectivity index is 4.12. The fourth-order valence-corrected chi connectivity index (χ4v) is 1.50. The van der Waals surface area contributed by atoms with E-state index in [1.54, 1.807) is 0 Å². The van der Waals surface area contributed by atoms with E-state index in [4.69, 9.17) is 15.9 Å². The number of nitrogens with two attached hydrogens (primary N) is 1. The Morgan fingerprint density at radius 2 is 1.71 bits per heavy atom. The number of rotatable bonds is 10. The maximum atomic E-state index is 11.5. The first-order chi connectivity index (χ1) is 9.73. The number of carbonyl (C=O) groups is 4. The summed E-state index contributed by atoms with van der Waals surface area (Å²) >= 11 is 0. The SMILES string of the molecule is CC(=O)NCCCC(NC(=O)CCC(N)C(=O)O)C(=O)O. The topological polar surface area (TPSA) is 159 Å². The Morgan fingerprint density at radius 1 is 1.10 bits per heavy atom. The van der Waals surface area contributed by atoms with Crippen molar-refractivity contribution >= 4 is 23.8 Å². The summed E-state index contributed by atoms with van der Waals surface area (Å²) in [5.74, 6) is -3.19. The first kappa shape index (κ1) is 18.8. The maximum Gasteiger partial charge on any atom is 0.326 e.